The molecular formula is C17H26BrNO2. The van der Waals surface area contributed by atoms with Gasteiger partial charge in [0, 0.05) is 11.6 Å². The quantitative estimate of drug-likeness (QED) is 0.852. The number of rotatable bonds is 4. The monoisotopic (exact) mass is 355 g/mol. The molecule has 2 rings (SSSR count). The summed E-state index contributed by atoms with van der Waals surface area (Å²) in [5.41, 5.74) is 7.95. The molecule has 1 saturated carbocycles. The van der Waals surface area contributed by atoms with E-state index in [0.717, 1.165) is 21.5 Å². The molecule has 118 valence electrons. The minimum atomic E-state index is -0.0303. The van der Waals surface area contributed by atoms with E-state index >= 15 is 0 Å². The zero-order chi connectivity index (χ0) is 15.6. The van der Waals surface area contributed by atoms with E-state index in [1.807, 2.05) is 12.1 Å². The van der Waals surface area contributed by atoms with Crippen LogP contribution in [-0.2, 0) is 0 Å². The van der Waals surface area contributed by atoms with Crippen molar-refractivity contribution < 1.29 is 9.47 Å². The maximum atomic E-state index is 6.64. The first kappa shape index (κ1) is 16.6. The first-order valence-electron chi connectivity index (χ1n) is 7.57. The van der Waals surface area contributed by atoms with Gasteiger partial charge < -0.3 is 15.2 Å². The maximum Gasteiger partial charge on any atom is 0.133 e. The Hall–Kier alpha value is -0.740. The van der Waals surface area contributed by atoms with Gasteiger partial charge in [-0.25, -0.2) is 0 Å². The van der Waals surface area contributed by atoms with Crippen LogP contribution in [0.4, 0.5) is 0 Å². The van der Waals surface area contributed by atoms with Gasteiger partial charge in [0.05, 0.1) is 18.7 Å². The van der Waals surface area contributed by atoms with Crippen molar-refractivity contribution in [2.45, 2.75) is 45.6 Å². The van der Waals surface area contributed by atoms with E-state index in [2.05, 4.69) is 29.8 Å². The third-order valence-electron chi connectivity index (χ3n) is 4.89. The molecule has 0 bridgehead atoms. The van der Waals surface area contributed by atoms with Crippen molar-refractivity contribution in [1.29, 1.82) is 0 Å². The summed E-state index contributed by atoms with van der Waals surface area (Å²) in [6, 6.07) is 3.93. The zero-order valence-corrected chi connectivity index (χ0v) is 15.0. The van der Waals surface area contributed by atoms with Gasteiger partial charge in [-0.1, -0.05) is 26.7 Å². The molecule has 4 heteroatoms. The molecule has 1 fully saturated rings. The highest BCUT2D eigenvalue weighted by Gasteiger charge is 2.37. The number of hydrogen-bond donors (Lipinski definition) is 1. The molecule has 0 aromatic heterocycles. The summed E-state index contributed by atoms with van der Waals surface area (Å²) in [6.45, 7) is 4.67. The Bertz CT molecular complexity index is 502. The predicted octanol–water partition coefficient (Wildman–Crippen LogP) is 4.68. The van der Waals surface area contributed by atoms with Crippen LogP contribution in [0, 0.1) is 11.3 Å². The standard InChI is InChI=1S/C17H26BrNO2/c1-17(2)8-6-5-7-12(17)16(19)11-9-15(21-4)13(18)10-14(11)20-3/h9-10,12,16H,5-8,19H2,1-4H3. The predicted molar refractivity (Wildman–Crippen MR) is 89.9 cm³/mol. The van der Waals surface area contributed by atoms with Gasteiger partial charge in [-0.05, 0) is 52.2 Å². The van der Waals surface area contributed by atoms with E-state index in [-0.39, 0.29) is 11.5 Å². The number of benzene rings is 1. The normalized spacial score (nSPS) is 22.7. The molecule has 1 aromatic rings. The Labute approximate surface area is 136 Å². The van der Waals surface area contributed by atoms with Crippen LogP contribution in [0.25, 0.3) is 0 Å². The maximum absolute atomic E-state index is 6.64. The van der Waals surface area contributed by atoms with Crippen LogP contribution in [0.1, 0.15) is 51.1 Å². The molecule has 1 aliphatic carbocycles. The highest BCUT2D eigenvalue weighted by Crippen LogP contribution is 2.48. The van der Waals surface area contributed by atoms with E-state index in [0.29, 0.717) is 5.92 Å². The molecule has 0 heterocycles. The van der Waals surface area contributed by atoms with Crippen LogP contribution in [0.15, 0.2) is 16.6 Å². The van der Waals surface area contributed by atoms with Gasteiger partial charge in [0.1, 0.15) is 11.5 Å². The van der Waals surface area contributed by atoms with Crippen molar-refractivity contribution in [3.63, 3.8) is 0 Å². The Morgan fingerprint density at radius 1 is 1.19 bits per heavy atom. The summed E-state index contributed by atoms with van der Waals surface area (Å²) >= 11 is 3.50. The number of hydrogen-bond acceptors (Lipinski definition) is 3. The summed E-state index contributed by atoms with van der Waals surface area (Å²) in [5.74, 6) is 2.09. The fourth-order valence-corrected chi connectivity index (χ4v) is 4.03. The fourth-order valence-electron chi connectivity index (χ4n) is 3.55. The van der Waals surface area contributed by atoms with Crippen LogP contribution in [0.5, 0.6) is 11.5 Å². The van der Waals surface area contributed by atoms with Crippen LogP contribution >= 0.6 is 15.9 Å². The van der Waals surface area contributed by atoms with E-state index in [9.17, 15) is 0 Å². The Morgan fingerprint density at radius 2 is 1.86 bits per heavy atom. The smallest absolute Gasteiger partial charge is 0.133 e. The summed E-state index contributed by atoms with van der Waals surface area (Å²) in [4.78, 5) is 0. The first-order chi connectivity index (χ1) is 9.90. The summed E-state index contributed by atoms with van der Waals surface area (Å²) in [6.07, 6.45) is 4.98. The minimum absolute atomic E-state index is 0.0303. The van der Waals surface area contributed by atoms with Gasteiger partial charge in [0.2, 0.25) is 0 Å². The van der Waals surface area contributed by atoms with Gasteiger partial charge >= 0.3 is 0 Å². The minimum Gasteiger partial charge on any atom is -0.496 e. The summed E-state index contributed by atoms with van der Waals surface area (Å²) in [7, 11) is 3.36. The molecule has 0 aliphatic heterocycles. The fraction of sp³-hybridized carbons (Fsp3) is 0.647. The van der Waals surface area contributed by atoms with Gasteiger partial charge in [0.15, 0.2) is 0 Å². The van der Waals surface area contributed by atoms with Crippen molar-refractivity contribution in [2.24, 2.45) is 17.1 Å². The SMILES string of the molecule is COc1cc(C(N)C2CCCCC2(C)C)c(OC)cc1Br. The Kier molecular flexibility index (Phi) is 5.20. The molecule has 3 nitrogen and oxygen atoms in total. The van der Waals surface area contributed by atoms with E-state index in [4.69, 9.17) is 15.2 Å². The van der Waals surface area contributed by atoms with Gasteiger partial charge in [-0.2, -0.15) is 0 Å². The lowest BCUT2D eigenvalue weighted by Gasteiger charge is -2.42. The van der Waals surface area contributed by atoms with Crippen molar-refractivity contribution >= 4 is 15.9 Å². The molecule has 21 heavy (non-hydrogen) atoms. The van der Waals surface area contributed by atoms with Gasteiger partial charge in [-0.3, -0.25) is 0 Å². The zero-order valence-electron chi connectivity index (χ0n) is 13.4. The summed E-state index contributed by atoms with van der Waals surface area (Å²) in [5, 5.41) is 0. The number of methoxy groups -OCH3 is 2. The first-order valence-corrected chi connectivity index (χ1v) is 8.37. The average molecular weight is 356 g/mol. The number of halogens is 1. The molecule has 1 aliphatic rings. The highest BCUT2D eigenvalue weighted by molar-refractivity contribution is 9.10. The van der Waals surface area contributed by atoms with Crippen molar-refractivity contribution in [1.82, 2.24) is 0 Å². The summed E-state index contributed by atoms with van der Waals surface area (Å²) < 4.78 is 11.8. The van der Waals surface area contributed by atoms with Crippen molar-refractivity contribution in [2.75, 3.05) is 14.2 Å². The average Bonchev–Trinajstić information content (AvgIpc) is 2.45. The third kappa shape index (κ3) is 3.37. The van der Waals surface area contributed by atoms with Crippen LogP contribution in [0.3, 0.4) is 0 Å². The lowest BCUT2D eigenvalue weighted by atomic mass is 9.65. The Balaban J connectivity index is 2.39. The molecular weight excluding hydrogens is 330 g/mol. The molecule has 0 radical (unpaired) electrons. The Morgan fingerprint density at radius 3 is 2.43 bits per heavy atom. The number of ether oxygens (including phenoxy) is 2. The van der Waals surface area contributed by atoms with Crippen molar-refractivity contribution in [3.8, 4) is 11.5 Å². The molecule has 0 spiro atoms. The van der Waals surface area contributed by atoms with Gasteiger partial charge in [0.25, 0.3) is 0 Å². The van der Waals surface area contributed by atoms with Crippen molar-refractivity contribution in [3.05, 3.63) is 22.2 Å². The molecule has 2 atom stereocenters. The van der Waals surface area contributed by atoms with E-state index in [1.165, 1.54) is 25.7 Å². The second-order valence-electron chi connectivity index (χ2n) is 6.60. The molecule has 0 amide bonds. The lowest BCUT2D eigenvalue weighted by Crippen LogP contribution is -2.36. The second kappa shape index (κ2) is 6.57. The van der Waals surface area contributed by atoms with E-state index < -0.39 is 0 Å². The van der Waals surface area contributed by atoms with E-state index in [1.54, 1.807) is 14.2 Å². The van der Waals surface area contributed by atoms with Gasteiger partial charge in [-0.15, -0.1) is 0 Å². The lowest BCUT2D eigenvalue weighted by molar-refractivity contribution is 0.111. The topological polar surface area (TPSA) is 44.5 Å². The van der Waals surface area contributed by atoms with Crippen LogP contribution < -0.4 is 15.2 Å². The van der Waals surface area contributed by atoms with Crippen LogP contribution in [0.2, 0.25) is 0 Å². The third-order valence-corrected chi connectivity index (χ3v) is 5.51. The molecule has 0 saturated heterocycles. The van der Waals surface area contributed by atoms with Crippen LogP contribution in [-0.4, -0.2) is 14.2 Å². The second-order valence-corrected chi connectivity index (χ2v) is 7.45. The number of nitrogens with two attached hydrogens (primary N) is 1. The molecule has 2 N–H and O–H groups in total. The highest BCUT2D eigenvalue weighted by atomic mass is 79.9. The molecule has 1 aromatic carbocycles. The molecule has 2 unspecified atom stereocenters. The largest absolute Gasteiger partial charge is 0.496 e.